The van der Waals surface area contributed by atoms with Crippen LogP contribution in [0, 0.1) is 5.92 Å². The molecule has 10 heteroatoms. The third-order valence-corrected chi connectivity index (χ3v) is 7.01. The Hall–Kier alpha value is -2.17. The second-order valence-corrected chi connectivity index (χ2v) is 8.86. The predicted molar refractivity (Wildman–Crippen MR) is 110 cm³/mol. The summed E-state index contributed by atoms with van der Waals surface area (Å²) in [4.78, 5) is 26.6. The molecular formula is C18H21N5O3S2. The molecule has 8 nitrogen and oxygen atoms in total. The smallest absolute Gasteiger partial charge is 0.268 e. The Bertz CT molecular complexity index is 918. The van der Waals surface area contributed by atoms with Crippen molar-refractivity contribution in [1.29, 1.82) is 0 Å². The van der Waals surface area contributed by atoms with E-state index in [9.17, 15) is 4.79 Å². The van der Waals surface area contributed by atoms with Gasteiger partial charge < -0.3 is 20.5 Å². The van der Waals surface area contributed by atoms with Gasteiger partial charge in [0.1, 0.15) is 21.2 Å². The van der Waals surface area contributed by atoms with Gasteiger partial charge in [0.2, 0.25) is 5.88 Å². The molecular weight excluding hydrogens is 398 g/mol. The summed E-state index contributed by atoms with van der Waals surface area (Å²) >= 11 is 2.89. The van der Waals surface area contributed by atoms with Gasteiger partial charge in [-0.3, -0.25) is 4.79 Å². The molecule has 2 aliphatic heterocycles. The average Bonchev–Trinajstić information content (AvgIpc) is 3.19. The number of rotatable bonds is 4. The molecule has 3 N–H and O–H groups in total. The number of amidine groups is 1. The van der Waals surface area contributed by atoms with Gasteiger partial charge in [0.25, 0.3) is 5.91 Å². The number of amides is 1. The number of thiazole rings is 1. The van der Waals surface area contributed by atoms with Crippen LogP contribution < -0.4 is 15.8 Å². The van der Waals surface area contributed by atoms with Crippen LogP contribution in [0.2, 0.25) is 0 Å². The van der Waals surface area contributed by atoms with Crippen LogP contribution in [-0.2, 0) is 10.3 Å². The van der Waals surface area contributed by atoms with Crippen LogP contribution >= 0.6 is 23.1 Å². The van der Waals surface area contributed by atoms with Gasteiger partial charge >= 0.3 is 0 Å². The van der Waals surface area contributed by atoms with E-state index in [4.69, 9.17) is 20.2 Å². The van der Waals surface area contributed by atoms with Gasteiger partial charge in [-0.2, -0.15) is 4.98 Å². The highest BCUT2D eigenvalue weighted by molar-refractivity contribution is 8.13. The SMILES string of the molecule is COc1cccc(NC(=O)c2cnc([C@]34CO[C@@H](C)C[C@H]3CSC(N)=N4)s2)n1. The highest BCUT2D eigenvalue weighted by Gasteiger charge is 2.49. The maximum Gasteiger partial charge on any atom is 0.268 e. The van der Waals surface area contributed by atoms with Crippen molar-refractivity contribution >= 4 is 40.0 Å². The van der Waals surface area contributed by atoms with Crippen molar-refractivity contribution in [2.75, 3.05) is 24.8 Å². The Morgan fingerprint density at radius 3 is 3.14 bits per heavy atom. The van der Waals surface area contributed by atoms with Crippen LogP contribution in [-0.4, -0.2) is 46.6 Å². The Labute approximate surface area is 171 Å². The number of carbonyl (C=O) groups excluding carboxylic acids is 1. The second-order valence-electron chi connectivity index (χ2n) is 6.79. The fraction of sp³-hybridized carbons (Fsp3) is 0.444. The van der Waals surface area contributed by atoms with Gasteiger partial charge in [0, 0.05) is 17.7 Å². The number of anilines is 1. The fourth-order valence-corrected chi connectivity index (χ4v) is 5.46. The van der Waals surface area contributed by atoms with Crippen molar-refractivity contribution in [3.63, 3.8) is 0 Å². The molecule has 0 unspecified atom stereocenters. The van der Waals surface area contributed by atoms with Crippen LogP contribution in [0.25, 0.3) is 0 Å². The minimum atomic E-state index is -0.612. The van der Waals surface area contributed by atoms with Gasteiger partial charge in [-0.1, -0.05) is 17.8 Å². The number of pyridine rings is 1. The van der Waals surface area contributed by atoms with Gasteiger partial charge in [-0.25, -0.2) is 9.98 Å². The molecule has 1 saturated heterocycles. The number of aromatic nitrogens is 2. The van der Waals surface area contributed by atoms with Crippen LogP contribution in [0.15, 0.2) is 29.4 Å². The van der Waals surface area contributed by atoms with E-state index in [-0.39, 0.29) is 17.9 Å². The molecule has 0 radical (unpaired) electrons. The maximum atomic E-state index is 12.7. The first-order valence-corrected chi connectivity index (χ1v) is 10.7. The van der Waals surface area contributed by atoms with Crippen molar-refractivity contribution in [3.8, 4) is 5.88 Å². The van der Waals surface area contributed by atoms with Crippen molar-refractivity contribution in [2.45, 2.75) is 25.0 Å². The number of hydrogen-bond acceptors (Lipinski definition) is 9. The Morgan fingerprint density at radius 2 is 2.32 bits per heavy atom. The van der Waals surface area contributed by atoms with E-state index in [0.717, 1.165) is 17.2 Å². The molecule has 4 rings (SSSR count). The molecule has 1 fully saturated rings. The molecule has 2 aromatic heterocycles. The lowest BCUT2D eigenvalue weighted by atomic mass is 9.80. The topological polar surface area (TPSA) is 112 Å². The Morgan fingerprint density at radius 1 is 1.46 bits per heavy atom. The van der Waals surface area contributed by atoms with E-state index in [0.29, 0.717) is 28.3 Å². The van der Waals surface area contributed by atoms with Gasteiger partial charge in [-0.05, 0) is 19.4 Å². The lowest BCUT2D eigenvalue weighted by Gasteiger charge is -2.44. The number of nitrogens with one attached hydrogen (secondary N) is 1. The number of ether oxygens (including phenoxy) is 2. The first-order valence-electron chi connectivity index (χ1n) is 8.88. The van der Waals surface area contributed by atoms with Crippen molar-refractivity contribution in [3.05, 3.63) is 34.3 Å². The number of fused-ring (bicyclic) bond motifs is 1. The number of hydrogen-bond donors (Lipinski definition) is 2. The molecule has 0 spiro atoms. The lowest BCUT2D eigenvalue weighted by Crippen LogP contribution is -2.49. The van der Waals surface area contributed by atoms with Crippen LogP contribution in [0.5, 0.6) is 5.88 Å². The third kappa shape index (κ3) is 3.59. The highest BCUT2D eigenvalue weighted by Crippen LogP contribution is 2.46. The number of aliphatic imine (C=N–C) groups is 1. The first-order chi connectivity index (χ1) is 13.5. The summed E-state index contributed by atoms with van der Waals surface area (Å²) in [7, 11) is 1.53. The predicted octanol–water partition coefficient (Wildman–Crippen LogP) is 2.48. The number of thioether (sulfide) groups is 1. The molecule has 0 aromatic carbocycles. The summed E-state index contributed by atoms with van der Waals surface area (Å²) in [5, 5.41) is 4.08. The molecule has 0 bridgehead atoms. The monoisotopic (exact) mass is 419 g/mol. The highest BCUT2D eigenvalue weighted by atomic mass is 32.2. The summed E-state index contributed by atoms with van der Waals surface area (Å²) in [6.45, 7) is 2.49. The molecule has 0 aliphatic carbocycles. The molecule has 2 aromatic rings. The summed E-state index contributed by atoms with van der Waals surface area (Å²) in [5.41, 5.74) is 5.42. The molecule has 148 valence electrons. The van der Waals surface area contributed by atoms with Gasteiger partial charge in [0.05, 0.1) is 26.0 Å². The first kappa shape index (κ1) is 19.2. The number of carbonyl (C=O) groups is 1. The van der Waals surface area contributed by atoms with Crippen LogP contribution in [0.4, 0.5) is 5.82 Å². The summed E-state index contributed by atoms with van der Waals surface area (Å²) in [5.74, 6) is 1.72. The molecule has 3 atom stereocenters. The molecule has 2 aliphatic rings. The third-order valence-electron chi connectivity index (χ3n) is 4.90. The summed E-state index contributed by atoms with van der Waals surface area (Å²) in [6.07, 6.45) is 2.64. The minimum absolute atomic E-state index is 0.176. The molecule has 0 saturated carbocycles. The van der Waals surface area contributed by atoms with Gasteiger partial charge in [-0.15, -0.1) is 11.3 Å². The van der Waals surface area contributed by atoms with Crippen LogP contribution in [0.1, 0.15) is 28.0 Å². The van der Waals surface area contributed by atoms with E-state index < -0.39 is 5.54 Å². The van der Waals surface area contributed by atoms with Gasteiger partial charge in [0.15, 0.2) is 5.17 Å². The fourth-order valence-electron chi connectivity index (χ4n) is 3.43. The Balaban J connectivity index is 1.59. The van der Waals surface area contributed by atoms with E-state index in [1.807, 2.05) is 0 Å². The summed E-state index contributed by atoms with van der Waals surface area (Å²) < 4.78 is 11.0. The normalized spacial score (nSPS) is 26.9. The lowest BCUT2D eigenvalue weighted by molar-refractivity contribution is -0.0466. The largest absolute Gasteiger partial charge is 0.481 e. The zero-order chi connectivity index (χ0) is 19.7. The van der Waals surface area contributed by atoms with Crippen molar-refractivity contribution in [2.24, 2.45) is 16.6 Å². The Kier molecular flexibility index (Phi) is 5.26. The average molecular weight is 420 g/mol. The molecule has 1 amide bonds. The zero-order valence-corrected chi connectivity index (χ0v) is 17.2. The van der Waals surface area contributed by atoms with Crippen molar-refractivity contribution in [1.82, 2.24) is 9.97 Å². The zero-order valence-electron chi connectivity index (χ0n) is 15.5. The van der Waals surface area contributed by atoms with E-state index >= 15 is 0 Å². The quantitative estimate of drug-likeness (QED) is 0.783. The van der Waals surface area contributed by atoms with Crippen molar-refractivity contribution < 1.29 is 14.3 Å². The van der Waals surface area contributed by atoms with E-state index in [2.05, 4.69) is 22.2 Å². The number of methoxy groups -OCH3 is 1. The van der Waals surface area contributed by atoms with E-state index in [1.54, 1.807) is 36.2 Å². The molecule has 4 heterocycles. The van der Waals surface area contributed by atoms with Crippen LogP contribution in [0.3, 0.4) is 0 Å². The molecule has 28 heavy (non-hydrogen) atoms. The second kappa shape index (κ2) is 7.69. The summed E-state index contributed by atoms with van der Waals surface area (Å²) in [6, 6.07) is 5.19. The van der Waals surface area contributed by atoms with E-state index in [1.165, 1.54) is 18.4 Å². The maximum absolute atomic E-state index is 12.7. The number of nitrogens with two attached hydrogens (primary N) is 1. The minimum Gasteiger partial charge on any atom is -0.481 e. The standard InChI is InChI=1S/C18H21N5O3S2/c1-10-6-11-8-27-17(19)23-18(11,9-26-10)16-20-7-12(28-16)15(24)22-13-4-3-5-14(21-13)25-2/h3-5,7,10-11H,6,8-9H2,1-2H3,(H2,19,23)(H,21,22,24)/t10-,11-,18-/m0/s1. The number of nitrogens with zero attached hydrogens (tertiary/aromatic N) is 3.